The van der Waals surface area contributed by atoms with Gasteiger partial charge in [-0.25, -0.2) is 4.79 Å². The zero-order valence-corrected chi connectivity index (χ0v) is 21.8. The molecule has 0 saturated heterocycles. The minimum atomic E-state index is -1.13. The zero-order valence-electron chi connectivity index (χ0n) is 20.8. The van der Waals surface area contributed by atoms with Crippen LogP contribution in [0, 0.1) is 0 Å². The molecule has 0 aliphatic rings. The maximum atomic E-state index is 12.4. The van der Waals surface area contributed by atoms with Gasteiger partial charge in [0.05, 0.1) is 5.69 Å². The molecule has 0 amide bonds. The van der Waals surface area contributed by atoms with Crippen LogP contribution in [0.15, 0.2) is 33.5 Å². The minimum absolute atomic E-state index is 0.226. The number of nitrogens with zero attached hydrogens (tertiary/aromatic N) is 1. The molecule has 0 fully saturated rings. The largest absolute Gasteiger partial charge is 0.422 e. The first-order chi connectivity index (χ1) is 14.9. The Labute approximate surface area is 191 Å². The Kier molecular flexibility index (Phi) is 10.9. The predicted molar refractivity (Wildman–Crippen MR) is 139 cm³/mol. The van der Waals surface area contributed by atoms with Gasteiger partial charge in [-0.1, -0.05) is 96.1 Å². The minimum Gasteiger partial charge on any atom is -0.422 e. The van der Waals surface area contributed by atoms with Crippen molar-refractivity contribution in [2.45, 2.75) is 104 Å². The topological polar surface area (TPSA) is 33.5 Å². The van der Waals surface area contributed by atoms with E-state index in [9.17, 15) is 4.79 Å². The number of benzene rings is 1. The lowest BCUT2D eigenvalue weighted by molar-refractivity contribution is 0.555. The second-order valence-corrected chi connectivity index (χ2v) is 15.2. The molecule has 0 bridgehead atoms. The number of para-hydroxylation sites is 1. The maximum absolute atomic E-state index is 12.4. The molecule has 174 valence electrons. The van der Waals surface area contributed by atoms with Gasteiger partial charge in [0.25, 0.3) is 0 Å². The first-order valence-corrected chi connectivity index (χ1v) is 16.1. The molecule has 2 aromatic rings. The summed E-state index contributed by atoms with van der Waals surface area (Å²) in [5, 5.41) is 1.09. The first kappa shape index (κ1) is 25.7. The van der Waals surface area contributed by atoms with Gasteiger partial charge in [-0.05, 0) is 31.4 Å². The molecule has 3 nitrogen and oxygen atoms in total. The van der Waals surface area contributed by atoms with Crippen LogP contribution in [0.25, 0.3) is 11.0 Å². The van der Waals surface area contributed by atoms with E-state index < -0.39 is 8.07 Å². The molecule has 1 aromatic carbocycles. The summed E-state index contributed by atoms with van der Waals surface area (Å²) in [7, 11) is -1.13. The van der Waals surface area contributed by atoms with Crippen molar-refractivity contribution in [3.8, 4) is 0 Å². The fraction of sp³-hybridized carbons (Fsp3) is 0.667. The molecule has 31 heavy (non-hydrogen) atoms. The van der Waals surface area contributed by atoms with Crippen LogP contribution < -0.4 is 10.5 Å². The van der Waals surface area contributed by atoms with Gasteiger partial charge in [-0.3, -0.25) is 0 Å². The third-order valence-corrected chi connectivity index (χ3v) is 10.0. The van der Waals surface area contributed by atoms with Crippen molar-refractivity contribution < 1.29 is 4.42 Å². The standard InChI is InChI=1S/C27H45NO2Si/c1-6-9-11-12-19-28(8-3)25-22-26(29)30-27-23(16-14-18-24(25)27)17-15-21-31(4,5)20-13-10-7-2/h14,16,18,22H,6-13,15,17,19-21H2,1-5H3. The van der Waals surface area contributed by atoms with Crippen molar-refractivity contribution in [3.63, 3.8) is 0 Å². The number of hydrogen-bond acceptors (Lipinski definition) is 3. The van der Waals surface area contributed by atoms with E-state index in [1.165, 1.54) is 69.0 Å². The van der Waals surface area contributed by atoms with Crippen molar-refractivity contribution in [1.29, 1.82) is 0 Å². The Morgan fingerprint density at radius 2 is 1.61 bits per heavy atom. The highest BCUT2D eigenvalue weighted by Crippen LogP contribution is 2.30. The number of hydrogen-bond donors (Lipinski definition) is 0. The summed E-state index contributed by atoms with van der Waals surface area (Å²) in [6, 6.07) is 10.9. The third-order valence-electron chi connectivity index (χ3n) is 6.59. The summed E-state index contributed by atoms with van der Waals surface area (Å²) >= 11 is 0. The lowest BCUT2D eigenvalue weighted by Gasteiger charge is -2.24. The van der Waals surface area contributed by atoms with Gasteiger partial charge >= 0.3 is 5.63 Å². The average molecular weight is 444 g/mol. The Morgan fingerprint density at radius 1 is 0.903 bits per heavy atom. The summed E-state index contributed by atoms with van der Waals surface area (Å²) < 4.78 is 5.76. The highest BCUT2D eigenvalue weighted by atomic mass is 28.3. The molecule has 0 spiro atoms. The summed E-state index contributed by atoms with van der Waals surface area (Å²) in [5.74, 6) is 0. The Morgan fingerprint density at radius 3 is 2.32 bits per heavy atom. The van der Waals surface area contributed by atoms with Gasteiger partial charge < -0.3 is 9.32 Å². The molecular weight excluding hydrogens is 398 g/mol. The molecule has 0 unspecified atom stereocenters. The van der Waals surface area contributed by atoms with Crippen molar-refractivity contribution in [3.05, 3.63) is 40.2 Å². The number of unbranched alkanes of at least 4 members (excludes halogenated alkanes) is 5. The van der Waals surface area contributed by atoms with Crippen LogP contribution in [0.3, 0.4) is 0 Å². The average Bonchev–Trinajstić information content (AvgIpc) is 2.74. The number of anilines is 1. The van der Waals surface area contributed by atoms with Gasteiger partial charge in [0.1, 0.15) is 5.58 Å². The smallest absolute Gasteiger partial charge is 0.338 e. The predicted octanol–water partition coefficient (Wildman–Crippen LogP) is 8.03. The second kappa shape index (κ2) is 13.1. The summed E-state index contributed by atoms with van der Waals surface area (Å²) in [5.41, 5.74) is 2.82. The molecule has 4 heteroatoms. The number of aryl methyl sites for hydroxylation is 1. The van der Waals surface area contributed by atoms with Crippen molar-refractivity contribution in [2.75, 3.05) is 18.0 Å². The van der Waals surface area contributed by atoms with E-state index in [0.717, 1.165) is 36.2 Å². The van der Waals surface area contributed by atoms with Gasteiger partial charge in [-0.2, -0.15) is 0 Å². The molecule has 0 aliphatic carbocycles. The third kappa shape index (κ3) is 8.14. The van der Waals surface area contributed by atoms with Crippen LogP contribution in [0.1, 0.15) is 77.7 Å². The van der Waals surface area contributed by atoms with Crippen LogP contribution in [0.2, 0.25) is 25.2 Å². The van der Waals surface area contributed by atoms with Gasteiger partial charge in [-0.15, -0.1) is 0 Å². The van der Waals surface area contributed by atoms with Gasteiger partial charge in [0, 0.05) is 32.6 Å². The molecule has 1 heterocycles. The van der Waals surface area contributed by atoms with E-state index >= 15 is 0 Å². The van der Waals surface area contributed by atoms with E-state index in [0.29, 0.717) is 0 Å². The highest BCUT2D eigenvalue weighted by molar-refractivity contribution is 6.77. The zero-order chi connectivity index (χ0) is 22.7. The van der Waals surface area contributed by atoms with Gasteiger partial charge in [0.15, 0.2) is 0 Å². The fourth-order valence-electron chi connectivity index (χ4n) is 4.60. The SMILES string of the molecule is CCCCCCN(CC)c1cc(=O)oc2c(CCC[Si](C)(C)CCCCC)cccc12. The highest BCUT2D eigenvalue weighted by Gasteiger charge is 2.20. The quantitative estimate of drug-likeness (QED) is 0.159. The van der Waals surface area contributed by atoms with E-state index in [2.05, 4.69) is 57.0 Å². The Hall–Kier alpha value is -1.55. The Bertz CT molecular complexity index is 843. The summed E-state index contributed by atoms with van der Waals surface area (Å²) in [4.78, 5) is 14.8. The molecule has 0 N–H and O–H groups in total. The molecule has 0 aliphatic heterocycles. The summed E-state index contributed by atoms with van der Waals surface area (Å²) in [6.45, 7) is 13.7. The lowest BCUT2D eigenvalue weighted by atomic mass is 10.0. The fourth-order valence-corrected chi connectivity index (χ4v) is 7.19. The second-order valence-electron chi connectivity index (χ2n) is 9.86. The normalized spacial score (nSPS) is 11.9. The molecule has 1 aromatic heterocycles. The van der Waals surface area contributed by atoms with Crippen LogP contribution in [-0.2, 0) is 6.42 Å². The molecule has 0 atom stereocenters. The summed E-state index contributed by atoms with van der Waals surface area (Å²) in [6.07, 6.45) is 11.2. The molecule has 0 radical (unpaired) electrons. The van der Waals surface area contributed by atoms with Crippen LogP contribution in [0.4, 0.5) is 5.69 Å². The van der Waals surface area contributed by atoms with Crippen LogP contribution in [-0.4, -0.2) is 21.2 Å². The lowest BCUT2D eigenvalue weighted by Crippen LogP contribution is -2.25. The maximum Gasteiger partial charge on any atom is 0.338 e. The number of fused-ring (bicyclic) bond motifs is 1. The van der Waals surface area contributed by atoms with E-state index in [1.54, 1.807) is 6.07 Å². The molecule has 0 saturated carbocycles. The van der Waals surface area contributed by atoms with Crippen molar-refractivity contribution >= 4 is 24.7 Å². The van der Waals surface area contributed by atoms with Crippen LogP contribution in [0.5, 0.6) is 0 Å². The molecular formula is C27H45NO2Si. The number of rotatable bonds is 15. The Balaban J connectivity index is 2.16. The van der Waals surface area contributed by atoms with Crippen molar-refractivity contribution in [2.24, 2.45) is 0 Å². The monoisotopic (exact) mass is 443 g/mol. The van der Waals surface area contributed by atoms with Crippen LogP contribution >= 0.6 is 0 Å². The van der Waals surface area contributed by atoms with Crippen molar-refractivity contribution in [1.82, 2.24) is 0 Å². The van der Waals surface area contributed by atoms with E-state index in [-0.39, 0.29) is 5.63 Å². The van der Waals surface area contributed by atoms with E-state index in [1.807, 2.05) is 0 Å². The van der Waals surface area contributed by atoms with E-state index in [4.69, 9.17) is 4.42 Å². The van der Waals surface area contributed by atoms with Gasteiger partial charge in [0.2, 0.25) is 0 Å². The first-order valence-electron chi connectivity index (χ1n) is 12.7. The molecule has 2 rings (SSSR count).